The van der Waals surface area contributed by atoms with Gasteiger partial charge in [0.2, 0.25) is 0 Å². The van der Waals surface area contributed by atoms with Crippen LogP contribution in [-0.2, 0) is 23.2 Å². The molecule has 204 valence electrons. The van der Waals surface area contributed by atoms with E-state index in [2.05, 4.69) is 71.3 Å². The molecule has 2 aromatic carbocycles. The highest BCUT2D eigenvalue weighted by Gasteiger charge is 2.40. The first-order valence-electron chi connectivity index (χ1n) is 13.7. The average Bonchev–Trinajstić information content (AvgIpc) is 2.96. The van der Waals surface area contributed by atoms with E-state index in [9.17, 15) is 5.26 Å². The molecule has 2 aliphatic heterocycles. The summed E-state index contributed by atoms with van der Waals surface area (Å²) in [5.74, 6) is 1.55. The third-order valence-electron chi connectivity index (χ3n) is 8.35. The minimum atomic E-state index is -0.250. The Morgan fingerprint density at radius 3 is 2.36 bits per heavy atom. The molecule has 1 N–H and O–H groups in total. The number of anilines is 1. The fourth-order valence-electron chi connectivity index (χ4n) is 5.70. The lowest BCUT2D eigenvalue weighted by atomic mass is 9.73. The number of aryl methyl sites for hydroxylation is 2. The highest BCUT2D eigenvalue weighted by Crippen LogP contribution is 2.41. The van der Waals surface area contributed by atoms with E-state index in [-0.39, 0.29) is 5.41 Å². The summed E-state index contributed by atoms with van der Waals surface area (Å²) in [5.41, 5.74) is 6.67. The predicted octanol–water partition coefficient (Wildman–Crippen LogP) is 5.13. The van der Waals surface area contributed by atoms with Gasteiger partial charge < -0.3 is 19.7 Å². The first-order chi connectivity index (χ1) is 18.8. The Kier molecular flexibility index (Phi) is 8.66. The summed E-state index contributed by atoms with van der Waals surface area (Å²) in [6.45, 7) is 15.3. The molecule has 1 aromatic heterocycles. The maximum atomic E-state index is 10.2. The van der Waals surface area contributed by atoms with E-state index in [1.807, 2.05) is 31.9 Å². The van der Waals surface area contributed by atoms with E-state index >= 15 is 0 Å². The normalized spacial score (nSPS) is 16.0. The maximum Gasteiger partial charge on any atom is 0.130 e. The number of carbonyl (C=O) groups excluding carboxylic acids is 1. The molecule has 0 amide bonds. The molecule has 2 aliphatic rings. The van der Waals surface area contributed by atoms with Crippen LogP contribution in [0.4, 0.5) is 5.69 Å². The Labute approximate surface area is 232 Å². The van der Waals surface area contributed by atoms with Crippen LogP contribution in [0.15, 0.2) is 48.7 Å². The van der Waals surface area contributed by atoms with Crippen molar-refractivity contribution in [2.45, 2.75) is 59.0 Å². The van der Waals surface area contributed by atoms with E-state index in [4.69, 9.17) is 9.53 Å². The van der Waals surface area contributed by atoms with Gasteiger partial charge in [0.15, 0.2) is 0 Å². The molecule has 2 saturated heterocycles. The van der Waals surface area contributed by atoms with Crippen molar-refractivity contribution in [3.05, 3.63) is 82.4 Å². The minimum Gasteiger partial charge on any atom is -0.487 e. The molecule has 39 heavy (non-hydrogen) atoms. The largest absolute Gasteiger partial charge is 0.487 e. The summed E-state index contributed by atoms with van der Waals surface area (Å²) < 4.78 is 5.96. The summed E-state index contributed by atoms with van der Waals surface area (Å²) in [6.07, 6.45) is 5.07. The van der Waals surface area contributed by atoms with Crippen LogP contribution < -0.4 is 15.0 Å². The Morgan fingerprint density at radius 1 is 1.10 bits per heavy atom. The second kappa shape index (κ2) is 12.0. The summed E-state index contributed by atoms with van der Waals surface area (Å²) in [4.78, 5) is 19.0. The summed E-state index contributed by atoms with van der Waals surface area (Å²) in [6, 6.07) is 17.2. The van der Waals surface area contributed by atoms with Gasteiger partial charge in [0.25, 0.3) is 0 Å². The molecule has 5 rings (SSSR count). The number of ether oxygens (including phenoxy) is 1. The molecule has 0 bridgehead atoms. The molecule has 7 heteroatoms. The van der Waals surface area contributed by atoms with E-state index in [1.165, 1.54) is 29.5 Å². The van der Waals surface area contributed by atoms with Gasteiger partial charge in [-0.2, -0.15) is 5.26 Å². The van der Waals surface area contributed by atoms with Crippen molar-refractivity contribution in [3.63, 3.8) is 0 Å². The lowest BCUT2D eigenvalue weighted by Gasteiger charge is -2.49. The second-order valence-corrected chi connectivity index (χ2v) is 11.1. The molecule has 0 saturated carbocycles. The first-order valence-corrected chi connectivity index (χ1v) is 13.7. The fourth-order valence-corrected chi connectivity index (χ4v) is 5.70. The summed E-state index contributed by atoms with van der Waals surface area (Å²) in [5, 5.41) is 13.6. The lowest BCUT2D eigenvalue weighted by Crippen LogP contribution is -2.58. The van der Waals surface area contributed by atoms with Gasteiger partial charge in [0.05, 0.1) is 16.9 Å². The van der Waals surface area contributed by atoms with Crippen molar-refractivity contribution in [1.29, 1.82) is 5.26 Å². The average molecular weight is 526 g/mol. The number of piperidine rings is 1. The molecule has 0 atom stereocenters. The van der Waals surface area contributed by atoms with Crippen LogP contribution in [-0.4, -0.2) is 42.9 Å². The van der Waals surface area contributed by atoms with Gasteiger partial charge in [-0.05, 0) is 72.6 Å². The number of aromatic nitrogens is 2. The monoisotopic (exact) mass is 525 g/mol. The third kappa shape index (κ3) is 5.97. The molecule has 0 radical (unpaired) electrons. The number of nitrogens with one attached hydrogen (secondary N) is 1. The summed E-state index contributed by atoms with van der Waals surface area (Å²) in [7, 11) is 0. The number of hydrogen-bond donors (Lipinski definition) is 1. The van der Waals surface area contributed by atoms with Crippen LogP contribution in [0.3, 0.4) is 0 Å². The van der Waals surface area contributed by atoms with Gasteiger partial charge in [0.1, 0.15) is 31.0 Å². The van der Waals surface area contributed by atoms with Crippen LogP contribution in [0.5, 0.6) is 5.75 Å². The third-order valence-corrected chi connectivity index (χ3v) is 8.35. The molecular weight excluding hydrogens is 486 g/mol. The van der Waals surface area contributed by atoms with E-state index in [1.54, 1.807) is 6.20 Å². The Morgan fingerprint density at radius 2 is 1.79 bits per heavy atom. The van der Waals surface area contributed by atoms with Crippen molar-refractivity contribution in [3.8, 4) is 11.8 Å². The minimum absolute atomic E-state index is 0.250. The van der Waals surface area contributed by atoms with Gasteiger partial charge in [0, 0.05) is 37.8 Å². The van der Waals surface area contributed by atoms with Gasteiger partial charge >= 0.3 is 0 Å². The van der Waals surface area contributed by atoms with Crippen molar-refractivity contribution < 1.29 is 9.53 Å². The highest BCUT2D eigenvalue weighted by molar-refractivity contribution is 5.67. The number of benzene rings is 2. The Bertz CT molecular complexity index is 1320. The first kappa shape index (κ1) is 28.3. The van der Waals surface area contributed by atoms with E-state index < -0.39 is 0 Å². The predicted molar refractivity (Wildman–Crippen MR) is 154 cm³/mol. The van der Waals surface area contributed by atoms with Crippen LogP contribution in [0.25, 0.3) is 0 Å². The van der Waals surface area contributed by atoms with Crippen molar-refractivity contribution >= 4 is 12.5 Å². The summed E-state index contributed by atoms with van der Waals surface area (Å²) >= 11 is 0. The quantitative estimate of drug-likeness (QED) is 0.457. The van der Waals surface area contributed by atoms with E-state index in [0.717, 1.165) is 61.1 Å². The molecule has 2 fully saturated rings. The molecular formula is C32H39N5O2. The molecule has 7 nitrogen and oxygen atoms in total. The van der Waals surface area contributed by atoms with Gasteiger partial charge in [-0.1, -0.05) is 39.0 Å². The number of carbonyl (C=O) groups is 1. The van der Waals surface area contributed by atoms with E-state index in [0.29, 0.717) is 12.0 Å². The molecule has 0 unspecified atom stereocenters. The number of nitriles is 1. The number of nitrogens with zero attached hydrogens (tertiary/aromatic N) is 4. The molecule has 3 aromatic rings. The maximum absolute atomic E-state index is 10.2. The van der Waals surface area contributed by atoms with Gasteiger partial charge in [-0.3, -0.25) is 0 Å². The zero-order valence-electron chi connectivity index (χ0n) is 23.6. The number of hydrogen-bond acceptors (Lipinski definition) is 7. The van der Waals surface area contributed by atoms with Crippen molar-refractivity contribution in [2.75, 3.05) is 31.1 Å². The van der Waals surface area contributed by atoms with Crippen LogP contribution in [0.2, 0.25) is 0 Å². The van der Waals surface area contributed by atoms with Crippen molar-refractivity contribution in [1.82, 2.24) is 15.3 Å². The molecule has 1 spiro atoms. The van der Waals surface area contributed by atoms with Crippen LogP contribution in [0.1, 0.15) is 67.4 Å². The number of rotatable bonds is 7. The zero-order chi connectivity index (χ0) is 28.0. The zero-order valence-corrected chi connectivity index (χ0v) is 23.6. The van der Waals surface area contributed by atoms with Crippen LogP contribution in [0, 0.1) is 23.7 Å². The SMILES string of the molecule is C=O.CCc1cc(C(C)(C)c2ccc(OCc3ccnc(C)n3)cc2)cc(C#N)c1N1CCC2(CC1)CNC2. The lowest BCUT2D eigenvalue weighted by molar-refractivity contribution is -0.0980. The second-order valence-electron chi connectivity index (χ2n) is 11.1. The van der Waals surface area contributed by atoms with Gasteiger partial charge in [-0.15, -0.1) is 0 Å². The smallest absolute Gasteiger partial charge is 0.130 e. The van der Waals surface area contributed by atoms with Crippen molar-refractivity contribution in [2.24, 2.45) is 5.41 Å². The standard InChI is InChI=1S/C31H37N5O.CH2O/c1-5-23-16-26(17-24(18-32)29(23)36-14-11-31(12-15-36)20-33-21-31)30(3,4)25-6-8-28(9-7-25)37-19-27-10-13-34-22(2)35-27;1-2/h6-10,13,16-17,33H,5,11-12,14-15,19-21H2,1-4H3;1H2. The fraction of sp³-hybridized carbons (Fsp3) is 0.438. The molecule has 0 aliphatic carbocycles. The Balaban J connectivity index is 0.00000172. The molecule has 3 heterocycles. The highest BCUT2D eigenvalue weighted by atomic mass is 16.5. The topological polar surface area (TPSA) is 91.1 Å². The van der Waals surface area contributed by atoms with Crippen LogP contribution >= 0.6 is 0 Å². The van der Waals surface area contributed by atoms with Gasteiger partial charge in [-0.25, -0.2) is 9.97 Å². The Hall–Kier alpha value is -3.76.